The number of aryl methyl sites for hydroxylation is 1. The first-order valence-corrected chi connectivity index (χ1v) is 11.5. The van der Waals surface area contributed by atoms with Crippen LogP contribution in [-0.4, -0.2) is 43.1 Å². The number of hydrogen-bond acceptors (Lipinski definition) is 4. The molecule has 5 nitrogen and oxygen atoms in total. The summed E-state index contributed by atoms with van der Waals surface area (Å²) in [5, 5.41) is 9.97. The molecule has 2 aromatic rings. The number of nitrogens with zero attached hydrogens (tertiary/aromatic N) is 1. The number of aromatic carboxylic acids is 1. The van der Waals surface area contributed by atoms with Gasteiger partial charge in [-0.05, 0) is 48.7 Å². The normalized spacial score (nSPS) is 12.1. The van der Waals surface area contributed by atoms with E-state index in [9.17, 15) is 13.2 Å². The van der Waals surface area contributed by atoms with Crippen molar-refractivity contribution in [3.63, 3.8) is 0 Å². The minimum absolute atomic E-state index is 0.230. The monoisotopic (exact) mass is 447 g/mol. The summed E-state index contributed by atoms with van der Waals surface area (Å²) in [5.74, 6) is -0.949. The zero-order chi connectivity index (χ0) is 20.0. The van der Waals surface area contributed by atoms with Crippen LogP contribution in [0.2, 0.25) is 10.0 Å². The molecule has 1 aromatic carbocycles. The van der Waals surface area contributed by atoms with E-state index in [1.54, 1.807) is 42.5 Å². The molecule has 1 N–H and O–H groups in total. The van der Waals surface area contributed by atoms with Crippen molar-refractivity contribution in [2.24, 2.45) is 0 Å². The zero-order valence-electron chi connectivity index (χ0n) is 14.6. The average molecular weight is 448 g/mol. The Bertz CT molecular complexity index is 918. The van der Waals surface area contributed by atoms with Crippen LogP contribution in [-0.2, 0) is 16.4 Å². The van der Waals surface area contributed by atoms with E-state index < -0.39 is 16.0 Å². The highest BCUT2D eigenvalue weighted by Gasteiger charge is 2.15. The summed E-state index contributed by atoms with van der Waals surface area (Å²) in [6.07, 6.45) is 5.91. The van der Waals surface area contributed by atoms with E-state index in [2.05, 4.69) is 0 Å². The molecule has 1 aromatic heterocycles. The third-order valence-corrected chi connectivity index (χ3v) is 6.52. The standard InChI is InChI=1S/C18H19Cl2NO4S2/c1-27(24,25)21(8-2-4-13-10-14(19)12-15(20)11-13)9-3-5-16-6-7-17(26-16)18(22)23/h2,4,6-7,10-12H,3,5,8-9H2,1H3,(H,22,23). The van der Waals surface area contributed by atoms with Crippen molar-refractivity contribution in [2.75, 3.05) is 19.3 Å². The van der Waals surface area contributed by atoms with Gasteiger partial charge >= 0.3 is 5.97 Å². The first kappa shape index (κ1) is 21.9. The van der Waals surface area contributed by atoms with Crippen molar-refractivity contribution in [2.45, 2.75) is 12.8 Å². The molecule has 0 unspecified atom stereocenters. The number of rotatable bonds is 9. The van der Waals surface area contributed by atoms with E-state index in [1.165, 1.54) is 21.9 Å². The second-order valence-corrected chi connectivity index (χ2v) is 9.92. The number of carboxylic acid groups (broad SMARTS) is 1. The van der Waals surface area contributed by atoms with Crippen molar-refractivity contribution < 1.29 is 18.3 Å². The molecule has 0 radical (unpaired) electrons. The molecule has 0 amide bonds. The van der Waals surface area contributed by atoms with Gasteiger partial charge in [-0.25, -0.2) is 13.2 Å². The van der Waals surface area contributed by atoms with E-state index in [0.29, 0.717) is 29.4 Å². The van der Waals surface area contributed by atoms with Gasteiger partial charge in [-0.15, -0.1) is 11.3 Å². The van der Waals surface area contributed by atoms with Gasteiger partial charge in [-0.1, -0.05) is 35.4 Å². The third kappa shape index (κ3) is 7.27. The van der Waals surface area contributed by atoms with Gasteiger partial charge in [0.15, 0.2) is 0 Å². The molecule has 0 aliphatic heterocycles. The Morgan fingerprint density at radius 2 is 1.89 bits per heavy atom. The van der Waals surface area contributed by atoms with Crippen LogP contribution in [0.15, 0.2) is 36.4 Å². The van der Waals surface area contributed by atoms with Crippen LogP contribution in [0.1, 0.15) is 26.5 Å². The highest BCUT2D eigenvalue weighted by atomic mass is 35.5. The summed E-state index contributed by atoms with van der Waals surface area (Å²) >= 11 is 13.1. The Kier molecular flexibility index (Phi) is 7.88. The molecule has 146 valence electrons. The molecular formula is C18H19Cl2NO4S2. The van der Waals surface area contributed by atoms with Gasteiger partial charge in [0.25, 0.3) is 0 Å². The highest BCUT2D eigenvalue weighted by molar-refractivity contribution is 7.88. The number of hydrogen-bond donors (Lipinski definition) is 1. The Labute approximate surface area is 172 Å². The maximum atomic E-state index is 12.0. The Hall–Kier alpha value is -1.38. The second kappa shape index (κ2) is 9.71. The summed E-state index contributed by atoms with van der Waals surface area (Å²) in [6, 6.07) is 8.44. The average Bonchev–Trinajstić information content (AvgIpc) is 3.00. The molecule has 0 aliphatic carbocycles. The number of carbonyl (C=O) groups is 1. The molecule has 0 saturated heterocycles. The van der Waals surface area contributed by atoms with Gasteiger partial charge in [0, 0.05) is 28.0 Å². The molecule has 0 bridgehead atoms. The fourth-order valence-corrected chi connectivity index (χ4v) is 4.68. The molecule has 0 atom stereocenters. The fourth-order valence-electron chi connectivity index (χ4n) is 2.43. The minimum atomic E-state index is -3.36. The van der Waals surface area contributed by atoms with Gasteiger partial charge < -0.3 is 5.11 Å². The van der Waals surface area contributed by atoms with E-state index in [1.807, 2.05) is 0 Å². The van der Waals surface area contributed by atoms with Gasteiger partial charge in [0.05, 0.1) is 6.26 Å². The van der Waals surface area contributed by atoms with Crippen LogP contribution in [0.3, 0.4) is 0 Å². The third-order valence-electron chi connectivity index (χ3n) is 3.68. The van der Waals surface area contributed by atoms with Gasteiger partial charge in [0.2, 0.25) is 10.0 Å². The van der Waals surface area contributed by atoms with E-state index in [4.69, 9.17) is 28.3 Å². The molecule has 0 aliphatic rings. The van der Waals surface area contributed by atoms with Crippen molar-refractivity contribution in [1.82, 2.24) is 4.31 Å². The van der Waals surface area contributed by atoms with Crippen LogP contribution < -0.4 is 0 Å². The summed E-state index contributed by atoms with van der Waals surface area (Å²) in [4.78, 5) is 12.1. The van der Waals surface area contributed by atoms with Crippen LogP contribution in [0.25, 0.3) is 6.08 Å². The predicted molar refractivity (Wildman–Crippen MR) is 112 cm³/mol. The Balaban J connectivity index is 1.94. The van der Waals surface area contributed by atoms with E-state index >= 15 is 0 Å². The van der Waals surface area contributed by atoms with Crippen molar-refractivity contribution in [3.05, 3.63) is 61.8 Å². The first-order chi connectivity index (χ1) is 12.6. The second-order valence-electron chi connectivity index (χ2n) is 5.90. The lowest BCUT2D eigenvalue weighted by Crippen LogP contribution is -2.31. The maximum absolute atomic E-state index is 12.0. The van der Waals surface area contributed by atoms with Crippen LogP contribution in [0.5, 0.6) is 0 Å². The molecule has 2 rings (SSSR count). The smallest absolute Gasteiger partial charge is 0.345 e. The number of halogens is 2. The fraction of sp³-hybridized carbons (Fsp3) is 0.278. The zero-order valence-corrected chi connectivity index (χ0v) is 17.7. The summed E-state index contributed by atoms with van der Waals surface area (Å²) < 4.78 is 25.4. The number of benzene rings is 1. The van der Waals surface area contributed by atoms with Crippen molar-refractivity contribution >= 4 is 56.6 Å². The molecule has 0 spiro atoms. The summed E-state index contributed by atoms with van der Waals surface area (Å²) in [5.41, 5.74) is 0.792. The molecule has 9 heteroatoms. The van der Waals surface area contributed by atoms with E-state index in [-0.39, 0.29) is 11.4 Å². The number of thiophene rings is 1. The number of carboxylic acids is 1. The lowest BCUT2D eigenvalue weighted by Gasteiger charge is -2.17. The summed E-state index contributed by atoms with van der Waals surface area (Å²) in [7, 11) is -3.36. The maximum Gasteiger partial charge on any atom is 0.345 e. The molecule has 27 heavy (non-hydrogen) atoms. The molecule has 0 saturated carbocycles. The van der Waals surface area contributed by atoms with Crippen LogP contribution >= 0.6 is 34.5 Å². The molecular weight excluding hydrogens is 429 g/mol. The lowest BCUT2D eigenvalue weighted by atomic mass is 10.2. The van der Waals surface area contributed by atoms with Crippen LogP contribution in [0, 0.1) is 0 Å². The highest BCUT2D eigenvalue weighted by Crippen LogP contribution is 2.20. The largest absolute Gasteiger partial charge is 0.477 e. The van der Waals surface area contributed by atoms with Crippen LogP contribution in [0.4, 0.5) is 0 Å². The predicted octanol–water partition coefficient (Wildman–Crippen LogP) is 4.66. The molecule has 0 fully saturated rings. The quantitative estimate of drug-likeness (QED) is 0.606. The lowest BCUT2D eigenvalue weighted by molar-refractivity contribution is 0.0702. The van der Waals surface area contributed by atoms with Gasteiger partial charge in [-0.3, -0.25) is 0 Å². The van der Waals surface area contributed by atoms with Crippen molar-refractivity contribution in [3.8, 4) is 0 Å². The van der Waals surface area contributed by atoms with E-state index in [0.717, 1.165) is 10.4 Å². The SMILES string of the molecule is CS(=O)(=O)N(CC=Cc1cc(Cl)cc(Cl)c1)CCCc1ccc(C(=O)O)s1. The van der Waals surface area contributed by atoms with Gasteiger partial charge in [-0.2, -0.15) is 4.31 Å². The van der Waals surface area contributed by atoms with Crippen molar-refractivity contribution in [1.29, 1.82) is 0 Å². The first-order valence-electron chi connectivity index (χ1n) is 8.05. The molecule has 1 heterocycles. The topological polar surface area (TPSA) is 74.7 Å². The Morgan fingerprint density at radius 3 is 2.44 bits per heavy atom. The van der Waals surface area contributed by atoms with Gasteiger partial charge in [0.1, 0.15) is 4.88 Å². The number of sulfonamides is 1. The minimum Gasteiger partial charge on any atom is -0.477 e. The summed E-state index contributed by atoms with van der Waals surface area (Å²) in [6.45, 7) is 0.577. The Morgan fingerprint density at radius 1 is 1.22 bits per heavy atom.